The number of carbonyl (C=O) groups is 1. The molecule has 4 nitrogen and oxygen atoms in total. The molecule has 0 amide bonds. The molecular weight excluding hydrogens is 182 g/mol. The van der Waals surface area contributed by atoms with E-state index in [1.54, 1.807) is 0 Å². The van der Waals surface area contributed by atoms with Gasteiger partial charge in [0.25, 0.3) is 0 Å². The zero-order chi connectivity index (χ0) is 10.4. The SMILES string of the molecule is CCc1ccc(CNCCC(=O)O)o1. The predicted molar refractivity (Wildman–Crippen MR) is 52.0 cm³/mol. The number of rotatable bonds is 6. The molecule has 0 saturated heterocycles. The van der Waals surface area contributed by atoms with E-state index in [0.717, 1.165) is 17.9 Å². The van der Waals surface area contributed by atoms with Crippen molar-refractivity contribution in [2.75, 3.05) is 6.54 Å². The van der Waals surface area contributed by atoms with Gasteiger partial charge in [-0.2, -0.15) is 0 Å². The van der Waals surface area contributed by atoms with Gasteiger partial charge in [0.1, 0.15) is 11.5 Å². The molecule has 0 saturated carbocycles. The summed E-state index contributed by atoms with van der Waals surface area (Å²) >= 11 is 0. The van der Waals surface area contributed by atoms with Crippen LogP contribution in [0.1, 0.15) is 24.9 Å². The number of hydrogen-bond acceptors (Lipinski definition) is 3. The Morgan fingerprint density at radius 3 is 2.79 bits per heavy atom. The molecule has 2 N–H and O–H groups in total. The number of hydrogen-bond donors (Lipinski definition) is 2. The Bertz CT molecular complexity index is 293. The molecule has 0 unspecified atom stereocenters. The summed E-state index contributed by atoms with van der Waals surface area (Å²) in [5, 5.41) is 11.4. The van der Waals surface area contributed by atoms with Crippen LogP contribution in [0.5, 0.6) is 0 Å². The molecule has 0 aliphatic rings. The Morgan fingerprint density at radius 1 is 1.50 bits per heavy atom. The fourth-order valence-electron chi connectivity index (χ4n) is 1.11. The number of aryl methyl sites for hydroxylation is 1. The smallest absolute Gasteiger partial charge is 0.304 e. The van der Waals surface area contributed by atoms with E-state index in [2.05, 4.69) is 5.32 Å². The first-order valence-electron chi connectivity index (χ1n) is 4.72. The summed E-state index contributed by atoms with van der Waals surface area (Å²) in [7, 11) is 0. The zero-order valence-corrected chi connectivity index (χ0v) is 8.25. The molecule has 0 atom stereocenters. The first-order chi connectivity index (χ1) is 6.72. The summed E-state index contributed by atoms with van der Waals surface area (Å²) in [6, 6.07) is 3.85. The maximum atomic E-state index is 10.2. The monoisotopic (exact) mass is 197 g/mol. The Balaban J connectivity index is 2.21. The fraction of sp³-hybridized carbons (Fsp3) is 0.500. The van der Waals surface area contributed by atoms with Crippen molar-refractivity contribution < 1.29 is 14.3 Å². The molecule has 1 heterocycles. The summed E-state index contributed by atoms with van der Waals surface area (Å²) in [6.07, 6.45) is 1.02. The molecule has 0 aliphatic carbocycles. The summed E-state index contributed by atoms with van der Waals surface area (Å²) in [4.78, 5) is 10.2. The van der Waals surface area contributed by atoms with E-state index in [0.29, 0.717) is 13.1 Å². The van der Waals surface area contributed by atoms with Gasteiger partial charge in [-0.25, -0.2) is 0 Å². The highest BCUT2D eigenvalue weighted by Crippen LogP contribution is 2.07. The highest BCUT2D eigenvalue weighted by atomic mass is 16.4. The van der Waals surface area contributed by atoms with Crippen molar-refractivity contribution in [3.8, 4) is 0 Å². The van der Waals surface area contributed by atoms with E-state index < -0.39 is 5.97 Å². The van der Waals surface area contributed by atoms with Gasteiger partial charge in [-0.15, -0.1) is 0 Å². The quantitative estimate of drug-likeness (QED) is 0.677. The van der Waals surface area contributed by atoms with Crippen LogP contribution in [0.4, 0.5) is 0 Å². The molecule has 1 aromatic rings. The second kappa shape index (κ2) is 5.44. The number of nitrogens with one attached hydrogen (secondary N) is 1. The molecule has 4 heteroatoms. The van der Waals surface area contributed by atoms with Gasteiger partial charge < -0.3 is 14.8 Å². The molecule has 1 aromatic heterocycles. The van der Waals surface area contributed by atoms with Crippen molar-refractivity contribution in [2.24, 2.45) is 0 Å². The average molecular weight is 197 g/mol. The standard InChI is InChI=1S/C10H15NO3/c1-2-8-3-4-9(14-8)7-11-6-5-10(12)13/h3-4,11H,2,5-7H2,1H3,(H,12,13). The second-order valence-corrected chi connectivity index (χ2v) is 3.04. The maximum Gasteiger partial charge on any atom is 0.304 e. The number of carboxylic acids is 1. The third kappa shape index (κ3) is 3.62. The van der Waals surface area contributed by atoms with Gasteiger partial charge in [-0.3, -0.25) is 4.79 Å². The van der Waals surface area contributed by atoms with Gasteiger partial charge in [0.2, 0.25) is 0 Å². The Hall–Kier alpha value is -1.29. The Labute approximate surface area is 82.9 Å². The van der Waals surface area contributed by atoms with E-state index in [-0.39, 0.29) is 6.42 Å². The van der Waals surface area contributed by atoms with Gasteiger partial charge in [0.05, 0.1) is 13.0 Å². The van der Waals surface area contributed by atoms with Crippen molar-refractivity contribution in [3.63, 3.8) is 0 Å². The highest BCUT2D eigenvalue weighted by Gasteiger charge is 2.00. The summed E-state index contributed by atoms with van der Waals surface area (Å²) < 4.78 is 5.43. The molecule has 0 spiro atoms. The van der Waals surface area contributed by atoms with Gasteiger partial charge in [-0.1, -0.05) is 6.92 Å². The topological polar surface area (TPSA) is 62.5 Å². The van der Waals surface area contributed by atoms with Crippen LogP contribution in [-0.2, 0) is 17.8 Å². The van der Waals surface area contributed by atoms with E-state index in [1.807, 2.05) is 19.1 Å². The lowest BCUT2D eigenvalue weighted by atomic mass is 10.3. The highest BCUT2D eigenvalue weighted by molar-refractivity contribution is 5.66. The summed E-state index contributed by atoms with van der Waals surface area (Å²) in [5.41, 5.74) is 0. The summed E-state index contributed by atoms with van der Waals surface area (Å²) in [5.74, 6) is 1.03. The van der Waals surface area contributed by atoms with Gasteiger partial charge >= 0.3 is 5.97 Å². The average Bonchev–Trinajstić information content (AvgIpc) is 2.60. The lowest BCUT2D eigenvalue weighted by Gasteiger charge is -1.99. The van der Waals surface area contributed by atoms with Crippen molar-refractivity contribution in [1.29, 1.82) is 0 Å². The zero-order valence-electron chi connectivity index (χ0n) is 8.25. The minimum atomic E-state index is -0.786. The maximum absolute atomic E-state index is 10.2. The third-order valence-corrected chi connectivity index (χ3v) is 1.88. The molecular formula is C10H15NO3. The molecule has 0 aliphatic heterocycles. The predicted octanol–water partition coefficient (Wildman–Crippen LogP) is 1.41. The first-order valence-corrected chi connectivity index (χ1v) is 4.72. The third-order valence-electron chi connectivity index (χ3n) is 1.88. The van der Waals surface area contributed by atoms with Crippen molar-refractivity contribution in [3.05, 3.63) is 23.7 Å². The minimum Gasteiger partial charge on any atom is -0.481 e. The lowest BCUT2D eigenvalue weighted by molar-refractivity contribution is -0.136. The summed E-state index contributed by atoms with van der Waals surface area (Å²) in [6.45, 7) is 3.09. The van der Waals surface area contributed by atoms with Crippen LogP contribution in [0, 0.1) is 0 Å². The van der Waals surface area contributed by atoms with Crippen molar-refractivity contribution >= 4 is 5.97 Å². The fourth-order valence-corrected chi connectivity index (χ4v) is 1.11. The van der Waals surface area contributed by atoms with Gasteiger partial charge in [-0.05, 0) is 12.1 Å². The van der Waals surface area contributed by atoms with Crippen LogP contribution in [0.25, 0.3) is 0 Å². The lowest BCUT2D eigenvalue weighted by Crippen LogP contribution is -2.17. The van der Waals surface area contributed by atoms with Crippen LogP contribution in [-0.4, -0.2) is 17.6 Å². The van der Waals surface area contributed by atoms with Crippen LogP contribution in [0.3, 0.4) is 0 Å². The number of aliphatic carboxylic acids is 1. The Morgan fingerprint density at radius 2 is 2.21 bits per heavy atom. The molecule has 0 aromatic carbocycles. The van der Waals surface area contributed by atoms with Crippen LogP contribution in [0.15, 0.2) is 16.5 Å². The molecule has 0 bridgehead atoms. The van der Waals surface area contributed by atoms with Crippen LogP contribution in [0.2, 0.25) is 0 Å². The normalized spacial score (nSPS) is 10.4. The minimum absolute atomic E-state index is 0.140. The molecule has 1 rings (SSSR count). The van der Waals surface area contributed by atoms with Crippen LogP contribution >= 0.6 is 0 Å². The van der Waals surface area contributed by atoms with Crippen LogP contribution < -0.4 is 5.32 Å². The van der Waals surface area contributed by atoms with E-state index in [1.165, 1.54) is 0 Å². The molecule has 0 radical (unpaired) electrons. The van der Waals surface area contributed by atoms with E-state index in [9.17, 15) is 4.79 Å². The van der Waals surface area contributed by atoms with Crippen molar-refractivity contribution in [2.45, 2.75) is 26.3 Å². The number of furan rings is 1. The largest absolute Gasteiger partial charge is 0.481 e. The van der Waals surface area contributed by atoms with Crippen molar-refractivity contribution in [1.82, 2.24) is 5.32 Å². The Kier molecular flexibility index (Phi) is 4.19. The van der Waals surface area contributed by atoms with E-state index in [4.69, 9.17) is 9.52 Å². The van der Waals surface area contributed by atoms with E-state index >= 15 is 0 Å². The first kappa shape index (κ1) is 10.8. The molecule has 14 heavy (non-hydrogen) atoms. The van der Waals surface area contributed by atoms with Gasteiger partial charge in [0.15, 0.2) is 0 Å². The number of carboxylic acid groups (broad SMARTS) is 1. The second-order valence-electron chi connectivity index (χ2n) is 3.04. The molecule has 0 fully saturated rings. The van der Waals surface area contributed by atoms with Gasteiger partial charge in [0, 0.05) is 13.0 Å². The molecule has 78 valence electrons.